The highest BCUT2D eigenvalue weighted by Gasteiger charge is 2.11. The maximum atomic E-state index is 11.4. The Kier molecular flexibility index (Phi) is 4.27. The van der Waals surface area contributed by atoms with Gasteiger partial charge in [0.15, 0.2) is 0 Å². The molecule has 0 fully saturated rings. The van der Waals surface area contributed by atoms with E-state index in [4.69, 9.17) is 20.9 Å². The van der Waals surface area contributed by atoms with Gasteiger partial charge >= 0.3 is 0 Å². The Hall–Kier alpha value is -2.76. The Bertz CT molecular complexity index is 671. The molecule has 6 heteroatoms. The highest BCUT2D eigenvalue weighted by Crippen LogP contribution is 2.22. The molecule has 21 heavy (non-hydrogen) atoms. The summed E-state index contributed by atoms with van der Waals surface area (Å²) < 4.78 is 10.8. The van der Waals surface area contributed by atoms with E-state index in [9.17, 15) is 4.79 Å². The highest BCUT2D eigenvalue weighted by atomic mass is 16.5. The van der Waals surface area contributed by atoms with Gasteiger partial charge < -0.3 is 20.9 Å². The average molecular weight is 287 g/mol. The molecule has 0 saturated heterocycles. The van der Waals surface area contributed by atoms with Gasteiger partial charge in [-0.1, -0.05) is 0 Å². The minimum Gasteiger partial charge on any atom is -0.497 e. The molecule has 2 aromatic rings. The summed E-state index contributed by atoms with van der Waals surface area (Å²) in [4.78, 5) is 15.7. The van der Waals surface area contributed by atoms with E-state index >= 15 is 0 Å². The molecule has 0 saturated carbocycles. The number of pyridine rings is 1. The summed E-state index contributed by atoms with van der Waals surface area (Å²) in [6.45, 7) is 2.06. The van der Waals surface area contributed by atoms with E-state index in [1.807, 2.05) is 13.0 Å². The maximum Gasteiger partial charge on any atom is 0.252 e. The number of ether oxygens (including phenoxy) is 2. The third kappa shape index (κ3) is 3.62. The number of carbonyl (C=O) groups is 1. The summed E-state index contributed by atoms with van der Waals surface area (Å²) in [5.74, 6) is 0.486. The van der Waals surface area contributed by atoms with Crippen molar-refractivity contribution in [2.45, 2.75) is 13.5 Å². The molecule has 1 amide bonds. The van der Waals surface area contributed by atoms with Crippen molar-refractivity contribution < 1.29 is 14.3 Å². The lowest BCUT2D eigenvalue weighted by Crippen LogP contribution is -2.13. The first kappa shape index (κ1) is 14.6. The van der Waals surface area contributed by atoms with Crippen LogP contribution in [0.5, 0.6) is 11.5 Å². The second-order valence-corrected chi connectivity index (χ2v) is 4.55. The van der Waals surface area contributed by atoms with Gasteiger partial charge in [-0.15, -0.1) is 0 Å². The molecular weight excluding hydrogens is 270 g/mol. The zero-order chi connectivity index (χ0) is 15.4. The minimum absolute atomic E-state index is 0.197. The molecular formula is C15H17N3O3. The zero-order valence-electron chi connectivity index (χ0n) is 11.9. The SMILES string of the molecule is COc1cc(C)nc(COc2ccc(N)cc2C(N)=O)c1. The molecule has 0 bridgehead atoms. The number of benzene rings is 1. The minimum atomic E-state index is -0.591. The first-order valence-corrected chi connectivity index (χ1v) is 6.33. The molecule has 1 aromatic carbocycles. The number of nitrogens with two attached hydrogens (primary N) is 2. The number of methoxy groups -OCH3 is 1. The normalized spacial score (nSPS) is 10.2. The molecule has 0 aliphatic rings. The number of aromatic nitrogens is 1. The monoisotopic (exact) mass is 287 g/mol. The summed E-state index contributed by atoms with van der Waals surface area (Å²) in [6, 6.07) is 8.34. The molecule has 2 rings (SSSR count). The molecule has 110 valence electrons. The second kappa shape index (κ2) is 6.13. The number of aryl methyl sites for hydroxylation is 1. The number of nitrogen functional groups attached to an aromatic ring is 1. The summed E-state index contributed by atoms with van der Waals surface area (Å²) in [6.07, 6.45) is 0. The Balaban J connectivity index is 2.20. The molecule has 1 aromatic heterocycles. The Labute approximate surface area is 122 Å². The molecule has 4 N–H and O–H groups in total. The topological polar surface area (TPSA) is 100 Å². The van der Waals surface area contributed by atoms with Crippen molar-refractivity contribution in [2.24, 2.45) is 5.73 Å². The number of amides is 1. The van der Waals surface area contributed by atoms with Crippen LogP contribution in [0.4, 0.5) is 5.69 Å². The molecule has 0 atom stereocenters. The number of nitrogens with zero attached hydrogens (tertiary/aromatic N) is 1. The van der Waals surface area contributed by atoms with Crippen molar-refractivity contribution in [3.8, 4) is 11.5 Å². The Morgan fingerprint density at radius 3 is 2.71 bits per heavy atom. The van der Waals surface area contributed by atoms with Crippen LogP contribution in [0.25, 0.3) is 0 Å². The van der Waals surface area contributed by atoms with E-state index in [2.05, 4.69) is 4.98 Å². The number of anilines is 1. The van der Waals surface area contributed by atoms with Crippen molar-refractivity contribution >= 4 is 11.6 Å². The van der Waals surface area contributed by atoms with Crippen LogP contribution in [0, 0.1) is 6.92 Å². The maximum absolute atomic E-state index is 11.4. The van der Waals surface area contributed by atoms with Crippen LogP contribution in [0.3, 0.4) is 0 Å². The van der Waals surface area contributed by atoms with Gasteiger partial charge in [-0.05, 0) is 25.1 Å². The number of primary amides is 1. The van der Waals surface area contributed by atoms with Crippen molar-refractivity contribution in [3.63, 3.8) is 0 Å². The molecule has 0 aliphatic carbocycles. The van der Waals surface area contributed by atoms with Gasteiger partial charge in [-0.2, -0.15) is 0 Å². The van der Waals surface area contributed by atoms with Crippen LogP contribution < -0.4 is 20.9 Å². The van der Waals surface area contributed by atoms with E-state index in [0.29, 0.717) is 22.9 Å². The summed E-state index contributed by atoms with van der Waals surface area (Å²) in [5, 5.41) is 0. The summed E-state index contributed by atoms with van der Waals surface area (Å²) in [5.41, 5.74) is 13.2. The predicted octanol–water partition coefficient (Wildman–Crippen LogP) is 1.66. The van der Waals surface area contributed by atoms with Crippen molar-refractivity contribution in [2.75, 3.05) is 12.8 Å². The Morgan fingerprint density at radius 2 is 2.05 bits per heavy atom. The lowest BCUT2D eigenvalue weighted by atomic mass is 10.1. The summed E-state index contributed by atoms with van der Waals surface area (Å²) >= 11 is 0. The Morgan fingerprint density at radius 1 is 1.29 bits per heavy atom. The first-order valence-electron chi connectivity index (χ1n) is 6.33. The van der Waals surface area contributed by atoms with Crippen LogP contribution >= 0.6 is 0 Å². The predicted molar refractivity (Wildman–Crippen MR) is 79.2 cm³/mol. The van der Waals surface area contributed by atoms with E-state index in [1.165, 1.54) is 6.07 Å². The fourth-order valence-electron chi connectivity index (χ4n) is 1.91. The molecule has 1 heterocycles. The van der Waals surface area contributed by atoms with Gasteiger partial charge in [0.2, 0.25) is 0 Å². The largest absolute Gasteiger partial charge is 0.497 e. The van der Waals surface area contributed by atoms with Gasteiger partial charge in [0.25, 0.3) is 5.91 Å². The lowest BCUT2D eigenvalue weighted by molar-refractivity contribution is 0.0996. The van der Waals surface area contributed by atoms with Gasteiger partial charge in [0, 0.05) is 23.5 Å². The fraction of sp³-hybridized carbons (Fsp3) is 0.200. The van der Waals surface area contributed by atoms with Gasteiger partial charge in [-0.25, -0.2) is 0 Å². The van der Waals surface area contributed by atoms with Crippen molar-refractivity contribution in [1.29, 1.82) is 0 Å². The van der Waals surface area contributed by atoms with Crippen LogP contribution in [-0.4, -0.2) is 18.0 Å². The number of rotatable bonds is 5. The highest BCUT2D eigenvalue weighted by molar-refractivity contribution is 5.96. The van der Waals surface area contributed by atoms with Crippen molar-refractivity contribution in [3.05, 3.63) is 47.3 Å². The fourth-order valence-corrected chi connectivity index (χ4v) is 1.91. The van der Waals surface area contributed by atoms with E-state index in [1.54, 1.807) is 25.3 Å². The van der Waals surface area contributed by atoms with Crippen LogP contribution in [-0.2, 0) is 6.61 Å². The molecule has 0 spiro atoms. The van der Waals surface area contributed by atoms with Gasteiger partial charge in [0.05, 0.1) is 18.4 Å². The second-order valence-electron chi connectivity index (χ2n) is 4.55. The van der Waals surface area contributed by atoms with Gasteiger partial charge in [-0.3, -0.25) is 9.78 Å². The standard InChI is InChI=1S/C15H17N3O3/c1-9-5-12(20-2)7-11(18-9)8-21-14-4-3-10(16)6-13(14)15(17)19/h3-7H,8,16H2,1-2H3,(H2,17,19). The van der Waals surface area contributed by atoms with Crippen LogP contribution in [0.1, 0.15) is 21.7 Å². The smallest absolute Gasteiger partial charge is 0.252 e. The molecule has 0 aliphatic heterocycles. The lowest BCUT2D eigenvalue weighted by Gasteiger charge is -2.11. The number of carbonyl (C=O) groups excluding carboxylic acids is 1. The van der Waals surface area contributed by atoms with Gasteiger partial charge in [0.1, 0.15) is 18.1 Å². The number of hydrogen-bond donors (Lipinski definition) is 2. The third-order valence-electron chi connectivity index (χ3n) is 2.86. The van der Waals surface area contributed by atoms with E-state index < -0.39 is 5.91 Å². The molecule has 0 radical (unpaired) electrons. The number of hydrogen-bond acceptors (Lipinski definition) is 5. The third-order valence-corrected chi connectivity index (χ3v) is 2.86. The molecule has 0 unspecified atom stereocenters. The van der Waals surface area contributed by atoms with E-state index in [0.717, 1.165) is 5.69 Å². The van der Waals surface area contributed by atoms with Crippen molar-refractivity contribution in [1.82, 2.24) is 4.98 Å². The molecule has 6 nitrogen and oxygen atoms in total. The average Bonchev–Trinajstić information content (AvgIpc) is 2.45. The van der Waals surface area contributed by atoms with Crippen LogP contribution in [0.15, 0.2) is 30.3 Å². The quantitative estimate of drug-likeness (QED) is 0.814. The summed E-state index contributed by atoms with van der Waals surface area (Å²) in [7, 11) is 1.59. The first-order chi connectivity index (χ1) is 9.99. The van der Waals surface area contributed by atoms with E-state index in [-0.39, 0.29) is 12.2 Å². The van der Waals surface area contributed by atoms with Crippen LogP contribution in [0.2, 0.25) is 0 Å². The zero-order valence-corrected chi connectivity index (χ0v) is 11.9.